The van der Waals surface area contributed by atoms with E-state index in [9.17, 15) is 5.11 Å². The Bertz CT molecular complexity index is 524. The molecule has 1 aliphatic rings. The quantitative estimate of drug-likeness (QED) is 0.888. The Morgan fingerprint density at radius 2 is 2.21 bits per heavy atom. The van der Waals surface area contributed by atoms with Gasteiger partial charge in [-0.1, -0.05) is 18.2 Å². The monoisotopic (exact) mass is 257 g/mol. The highest BCUT2D eigenvalue weighted by Crippen LogP contribution is 2.27. The van der Waals surface area contributed by atoms with Crippen LogP contribution in [0.5, 0.6) is 5.75 Å². The number of hydrogen-bond acceptors (Lipinski definition) is 3. The van der Waals surface area contributed by atoms with E-state index >= 15 is 0 Å². The molecule has 1 atom stereocenters. The molecule has 1 saturated heterocycles. The second-order valence-corrected chi connectivity index (χ2v) is 5.21. The number of aromatic hydroxyl groups is 1. The topological polar surface area (TPSA) is 52.1 Å². The number of para-hydroxylation sites is 1. The lowest BCUT2D eigenvalue weighted by Crippen LogP contribution is -2.34. The maximum atomic E-state index is 9.85. The van der Waals surface area contributed by atoms with Crippen molar-refractivity contribution in [1.82, 2.24) is 15.1 Å². The number of piperidine rings is 1. The van der Waals surface area contributed by atoms with Gasteiger partial charge in [0.05, 0.1) is 0 Å². The van der Waals surface area contributed by atoms with Gasteiger partial charge in [-0.15, -0.1) is 0 Å². The molecule has 1 fully saturated rings. The molecule has 0 radical (unpaired) electrons. The van der Waals surface area contributed by atoms with E-state index in [-0.39, 0.29) is 0 Å². The Morgan fingerprint density at radius 3 is 3.00 bits per heavy atom. The van der Waals surface area contributed by atoms with Gasteiger partial charge in [0.1, 0.15) is 5.75 Å². The fourth-order valence-electron chi connectivity index (χ4n) is 2.83. The number of H-pyrrole nitrogens is 1. The highest BCUT2D eigenvalue weighted by molar-refractivity contribution is 5.31. The average molecular weight is 257 g/mol. The minimum Gasteiger partial charge on any atom is -0.508 e. The molecule has 1 aliphatic heterocycles. The molecule has 0 aliphatic carbocycles. The fraction of sp³-hybridized carbons (Fsp3) is 0.400. The maximum absolute atomic E-state index is 9.85. The summed E-state index contributed by atoms with van der Waals surface area (Å²) >= 11 is 0. The lowest BCUT2D eigenvalue weighted by Gasteiger charge is -2.32. The van der Waals surface area contributed by atoms with Crippen LogP contribution in [-0.2, 0) is 6.54 Å². The largest absolute Gasteiger partial charge is 0.508 e. The maximum Gasteiger partial charge on any atom is 0.120 e. The minimum atomic E-state index is 0.395. The number of aromatic amines is 1. The van der Waals surface area contributed by atoms with Crippen LogP contribution in [0.25, 0.3) is 0 Å². The van der Waals surface area contributed by atoms with Gasteiger partial charge in [-0.25, -0.2) is 0 Å². The number of phenolic OH excluding ortho intramolecular Hbond substituents is 1. The number of benzene rings is 1. The van der Waals surface area contributed by atoms with Gasteiger partial charge in [-0.2, -0.15) is 5.10 Å². The second-order valence-electron chi connectivity index (χ2n) is 5.21. The van der Waals surface area contributed by atoms with Crippen molar-refractivity contribution in [2.24, 2.45) is 0 Å². The number of nitrogens with zero attached hydrogens (tertiary/aromatic N) is 2. The average Bonchev–Trinajstić information content (AvgIpc) is 2.96. The third-order valence-corrected chi connectivity index (χ3v) is 3.85. The van der Waals surface area contributed by atoms with Gasteiger partial charge < -0.3 is 5.11 Å². The molecule has 2 heterocycles. The molecule has 4 nitrogen and oxygen atoms in total. The SMILES string of the molecule is Oc1ccccc1CN1CCCC(c2ccn[nH]2)C1. The summed E-state index contributed by atoms with van der Waals surface area (Å²) in [6, 6.07) is 9.66. The van der Waals surface area contributed by atoms with Gasteiger partial charge in [-0.05, 0) is 31.5 Å². The normalized spacial score (nSPS) is 20.5. The van der Waals surface area contributed by atoms with Crippen LogP contribution < -0.4 is 0 Å². The van der Waals surface area contributed by atoms with E-state index in [0.29, 0.717) is 11.7 Å². The number of rotatable bonds is 3. The van der Waals surface area contributed by atoms with E-state index in [2.05, 4.69) is 21.2 Å². The van der Waals surface area contributed by atoms with Crippen molar-refractivity contribution in [3.8, 4) is 5.75 Å². The van der Waals surface area contributed by atoms with Crippen molar-refractivity contribution in [3.05, 3.63) is 47.8 Å². The van der Waals surface area contributed by atoms with Gasteiger partial charge in [0, 0.05) is 36.5 Å². The Morgan fingerprint density at radius 1 is 1.32 bits per heavy atom. The summed E-state index contributed by atoms with van der Waals surface area (Å²) < 4.78 is 0. The van der Waals surface area contributed by atoms with Crippen LogP contribution in [0.2, 0.25) is 0 Å². The summed E-state index contributed by atoms with van der Waals surface area (Å²) in [6.45, 7) is 2.94. The molecule has 2 N–H and O–H groups in total. The lowest BCUT2D eigenvalue weighted by atomic mass is 9.94. The summed E-state index contributed by atoms with van der Waals surface area (Å²) in [7, 11) is 0. The Kier molecular flexibility index (Phi) is 3.51. The van der Waals surface area contributed by atoms with E-state index in [1.807, 2.05) is 24.4 Å². The predicted octanol–water partition coefficient (Wildman–Crippen LogP) is 2.49. The summed E-state index contributed by atoms with van der Waals surface area (Å²) in [5, 5.41) is 17.0. The highest BCUT2D eigenvalue weighted by Gasteiger charge is 2.22. The highest BCUT2D eigenvalue weighted by atomic mass is 16.3. The Hall–Kier alpha value is -1.81. The zero-order valence-corrected chi connectivity index (χ0v) is 10.9. The molecular weight excluding hydrogens is 238 g/mol. The number of hydrogen-bond donors (Lipinski definition) is 2. The van der Waals surface area contributed by atoms with Crippen molar-refractivity contribution in [3.63, 3.8) is 0 Å². The van der Waals surface area contributed by atoms with Gasteiger partial charge in [0.15, 0.2) is 0 Å². The summed E-state index contributed by atoms with van der Waals surface area (Å²) in [5.41, 5.74) is 2.23. The molecule has 4 heteroatoms. The molecule has 1 unspecified atom stereocenters. The van der Waals surface area contributed by atoms with Crippen molar-refractivity contribution in [1.29, 1.82) is 0 Å². The van der Waals surface area contributed by atoms with E-state index in [0.717, 1.165) is 25.2 Å². The molecule has 19 heavy (non-hydrogen) atoms. The third-order valence-electron chi connectivity index (χ3n) is 3.85. The van der Waals surface area contributed by atoms with E-state index in [4.69, 9.17) is 0 Å². The molecule has 0 saturated carbocycles. The predicted molar refractivity (Wildman–Crippen MR) is 73.9 cm³/mol. The van der Waals surface area contributed by atoms with Crippen LogP contribution in [-0.4, -0.2) is 33.3 Å². The van der Waals surface area contributed by atoms with Crippen LogP contribution in [0.3, 0.4) is 0 Å². The summed E-state index contributed by atoms with van der Waals surface area (Å²) in [6.07, 6.45) is 4.22. The molecule has 1 aromatic heterocycles. The first-order chi connectivity index (χ1) is 9.33. The molecular formula is C15H19N3O. The van der Waals surface area contributed by atoms with E-state index in [1.165, 1.54) is 18.5 Å². The van der Waals surface area contributed by atoms with Crippen molar-refractivity contribution in [2.45, 2.75) is 25.3 Å². The first-order valence-electron chi connectivity index (χ1n) is 6.81. The molecule has 100 valence electrons. The summed E-state index contributed by atoms with van der Waals surface area (Å²) in [5.74, 6) is 0.924. The second kappa shape index (κ2) is 5.45. The first kappa shape index (κ1) is 12.2. The molecule has 0 amide bonds. The Labute approximate surface area is 113 Å². The number of likely N-dealkylation sites (tertiary alicyclic amines) is 1. The third kappa shape index (κ3) is 2.79. The van der Waals surface area contributed by atoms with Crippen LogP contribution >= 0.6 is 0 Å². The number of aromatic nitrogens is 2. The molecule has 2 aromatic rings. The van der Waals surface area contributed by atoms with Gasteiger partial charge >= 0.3 is 0 Å². The zero-order valence-electron chi connectivity index (χ0n) is 10.9. The van der Waals surface area contributed by atoms with Crippen molar-refractivity contribution in [2.75, 3.05) is 13.1 Å². The number of phenols is 1. The molecule has 0 bridgehead atoms. The Balaban J connectivity index is 1.67. The van der Waals surface area contributed by atoms with E-state index < -0.39 is 0 Å². The van der Waals surface area contributed by atoms with Gasteiger partial charge in [0.2, 0.25) is 0 Å². The van der Waals surface area contributed by atoms with Crippen LogP contribution in [0.4, 0.5) is 0 Å². The molecule has 3 rings (SSSR count). The zero-order chi connectivity index (χ0) is 13.1. The number of nitrogens with one attached hydrogen (secondary N) is 1. The van der Waals surface area contributed by atoms with Crippen LogP contribution in [0, 0.1) is 0 Å². The van der Waals surface area contributed by atoms with Crippen molar-refractivity contribution >= 4 is 0 Å². The summed E-state index contributed by atoms with van der Waals surface area (Å²) in [4.78, 5) is 2.41. The molecule has 1 aromatic carbocycles. The van der Waals surface area contributed by atoms with Crippen LogP contribution in [0.15, 0.2) is 36.5 Å². The van der Waals surface area contributed by atoms with Gasteiger partial charge in [0.25, 0.3) is 0 Å². The molecule has 0 spiro atoms. The van der Waals surface area contributed by atoms with Crippen molar-refractivity contribution < 1.29 is 5.11 Å². The fourth-order valence-corrected chi connectivity index (χ4v) is 2.83. The smallest absolute Gasteiger partial charge is 0.120 e. The lowest BCUT2D eigenvalue weighted by molar-refractivity contribution is 0.196. The van der Waals surface area contributed by atoms with E-state index in [1.54, 1.807) is 6.07 Å². The standard InChI is InChI=1S/C15H19N3O/c19-15-6-2-1-4-13(15)11-18-9-3-5-12(10-18)14-7-8-16-17-14/h1-2,4,6-8,12,19H,3,5,9-11H2,(H,16,17). The minimum absolute atomic E-state index is 0.395. The van der Waals surface area contributed by atoms with Gasteiger partial charge in [-0.3, -0.25) is 10.00 Å². The first-order valence-corrected chi connectivity index (χ1v) is 6.81. The van der Waals surface area contributed by atoms with Crippen LogP contribution in [0.1, 0.15) is 30.0 Å².